The lowest BCUT2D eigenvalue weighted by molar-refractivity contribution is -0.396. The normalized spacial score (nSPS) is 54.5. The molecule has 456 valence electrons. The molecule has 36 nitrogen and oxygen atoms in total. The van der Waals surface area contributed by atoms with E-state index in [2.05, 4.69) is 0 Å². The molecule has 36 heteroatoms. The first-order valence-corrected chi connectivity index (χ1v) is 24.6. The van der Waals surface area contributed by atoms with Crippen LogP contribution in [0.1, 0.15) is 0 Å². The minimum absolute atomic E-state index is 0.904. The molecule has 6 saturated heterocycles. The molecule has 0 bridgehead atoms. The predicted molar refractivity (Wildman–Crippen MR) is 232 cm³/mol. The highest BCUT2D eigenvalue weighted by Crippen LogP contribution is 2.37. The minimum atomic E-state index is -2.25. The topological polar surface area (TPSA) is 596 Å². The van der Waals surface area contributed by atoms with Gasteiger partial charge in [0.25, 0.3) is 0 Å². The second kappa shape index (κ2) is 27.1. The summed E-state index contributed by atoms with van der Waals surface area (Å²) in [6.45, 7) is -5.68. The highest BCUT2D eigenvalue weighted by atomic mass is 16.8. The zero-order chi connectivity index (χ0) is 57.5. The molecule has 7 fully saturated rings. The fourth-order valence-corrected chi connectivity index (χ4v) is 9.87. The van der Waals surface area contributed by atoms with Crippen molar-refractivity contribution >= 4 is 0 Å². The lowest BCUT2D eigenvalue weighted by Gasteiger charge is -2.49. The predicted octanol–water partition coefficient (Wildman–Crippen LogP) is -16.9. The summed E-state index contributed by atoms with van der Waals surface area (Å²) < 4.78 is 66.9. The first kappa shape index (κ1) is 64.1. The molecule has 0 radical (unpaired) electrons. The molecule has 6 aliphatic heterocycles. The number of aliphatic hydroxyl groups is 24. The third-order valence-electron chi connectivity index (χ3n) is 14.7. The fraction of sp³-hybridized carbons (Fsp3) is 1.00. The van der Waals surface area contributed by atoms with Crippen LogP contribution < -0.4 is 0 Å². The van der Waals surface area contributed by atoms with E-state index in [1.807, 2.05) is 0 Å². The van der Waals surface area contributed by atoms with E-state index in [-0.39, 0.29) is 0 Å². The summed E-state index contributed by atoms with van der Waals surface area (Å²) >= 11 is 0. The SMILES string of the molecule is OC[C@H]1O[C@H](O[C@@H]2[C@H](O)[C@@H](O[C@H]3O[C@H](CO[C@H]4O[C@H](CO[C@H]5O[C@H](CO)[C@@H](O)[C@H](O)[C@@H]5O[C@H]5O[C@H](CO)[C@@H](O)[C@H](O)[C@@H]5O[C@H]5O[C@H](CO)[C@@H](O)[C@H](O)[C@@H]5O)[C@@H](O)[C@H](O)[C@@H]4O)[C@@H](O)[C@H](O)[C@@H]3O)[C@H](O)[C@@H](O)[C@@H]2O)[C@@H](O)[C@@H](O)[C@@H]1O. The minimum Gasteiger partial charge on any atom is -0.394 e. The Morgan fingerprint density at radius 2 is 0.436 bits per heavy atom. The van der Waals surface area contributed by atoms with Crippen molar-refractivity contribution in [2.24, 2.45) is 0 Å². The highest BCUT2D eigenvalue weighted by Gasteiger charge is 2.58. The van der Waals surface area contributed by atoms with E-state index in [1.165, 1.54) is 0 Å². The van der Waals surface area contributed by atoms with Gasteiger partial charge in [-0.05, 0) is 0 Å². The maximum atomic E-state index is 11.3. The van der Waals surface area contributed by atoms with Gasteiger partial charge in [-0.1, -0.05) is 0 Å². The molecule has 1 saturated carbocycles. The molecule has 1 aliphatic carbocycles. The van der Waals surface area contributed by atoms with E-state index < -0.39 is 261 Å². The van der Waals surface area contributed by atoms with Gasteiger partial charge in [0, 0.05) is 0 Å². The Labute approximate surface area is 439 Å². The molecule has 0 aromatic heterocycles. The summed E-state index contributed by atoms with van der Waals surface area (Å²) in [7, 11) is 0. The van der Waals surface area contributed by atoms with Gasteiger partial charge in [0.1, 0.15) is 183 Å². The van der Waals surface area contributed by atoms with E-state index in [1.54, 1.807) is 0 Å². The van der Waals surface area contributed by atoms with Crippen molar-refractivity contribution in [1.82, 2.24) is 0 Å². The first-order chi connectivity index (χ1) is 36.8. The van der Waals surface area contributed by atoms with Gasteiger partial charge in [0.05, 0.1) is 39.6 Å². The Hall–Kier alpha value is -1.44. The van der Waals surface area contributed by atoms with Crippen molar-refractivity contribution < 1.29 is 179 Å². The zero-order valence-electron chi connectivity index (χ0n) is 40.7. The van der Waals surface area contributed by atoms with Crippen molar-refractivity contribution in [3.05, 3.63) is 0 Å². The van der Waals surface area contributed by atoms with Crippen LogP contribution in [0, 0.1) is 0 Å². The van der Waals surface area contributed by atoms with Crippen LogP contribution in [0.4, 0.5) is 0 Å². The van der Waals surface area contributed by atoms with Gasteiger partial charge in [-0.15, -0.1) is 0 Å². The average molecular weight is 1150 g/mol. The highest BCUT2D eigenvalue weighted by molar-refractivity contribution is 5.03. The molecular formula is C42H72O36. The maximum absolute atomic E-state index is 11.3. The van der Waals surface area contributed by atoms with Gasteiger partial charge >= 0.3 is 0 Å². The second-order valence-corrected chi connectivity index (χ2v) is 19.9. The van der Waals surface area contributed by atoms with Crippen LogP contribution in [-0.2, 0) is 56.8 Å². The summed E-state index contributed by atoms with van der Waals surface area (Å²) in [5, 5.41) is 254. The van der Waals surface area contributed by atoms with Crippen molar-refractivity contribution in [3.8, 4) is 0 Å². The average Bonchev–Trinajstić information content (AvgIpc) is 3.43. The van der Waals surface area contributed by atoms with E-state index >= 15 is 0 Å². The molecule has 0 unspecified atom stereocenters. The quantitative estimate of drug-likeness (QED) is 0.0606. The number of rotatable bonds is 18. The molecular weight excluding hydrogens is 1080 g/mol. The Morgan fingerprint density at radius 3 is 0.821 bits per heavy atom. The molecule has 36 atom stereocenters. The van der Waals surface area contributed by atoms with Crippen LogP contribution in [-0.4, -0.2) is 383 Å². The van der Waals surface area contributed by atoms with Gasteiger partial charge in [-0.25, -0.2) is 0 Å². The van der Waals surface area contributed by atoms with Crippen LogP contribution in [0.25, 0.3) is 0 Å². The molecule has 6 heterocycles. The Morgan fingerprint density at radius 1 is 0.205 bits per heavy atom. The van der Waals surface area contributed by atoms with Crippen molar-refractivity contribution in [2.45, 2.75) is 221 Å². The van der Waals surface area contributed by atoms with Gasteiger partial charge in [0.2, 0.25) is 0 Å². The molecule has 0 amide bonds. The number of aliphatic hydroxyl groups excluding tert-OH is 24. The molecule has 24 N–H and O–H groups in total. The monoisotopic (exact) mass is 1150 g/mol. The van der Waals surface area contributed by atoms with Gasteiger partial charge in [-0.3, -0.25) is 0 Å². The van der Waals surface area contributed by atoms with Crippen LogP contribution in [0.15, 0.2) is 0 Å². The second-order valence-electron chi connectivity index (χ2n) is 19.9. The molecule has 78 heavy (non-hydrogen) atoms. The zero-order valence-corrected chi connectivity index (χ0v) is 40.7. The van der Waals surface area contributed by atoms with E-state index in [0.29, 0.717) is 0 Å². The Balaban J connectivity index is 1.02. The van der Waals surface area contributed by atoms with Crippen LogP contribution in [0.2, 0.25) is 0 Å². The van der Waals surface area contributed by atoms with Crippen molar-refractivity contribution in [3.63, 3.8) is 0 Å². The summed E-state index contributed by atoms with van der Waals surface area (Å²) in [4.78, 5) is 0. The molecule has 7 rings (SSSR count). The first-order valence-electron chi connectivity index (χ1n) is 24.6. The van der Waals surface area contributed by atoms with Crippen molar-refractivity contribution in [2.75, 3.05) is 39.6 Å². The molecule has 0 aromatic carbocycles. The van der Waals surface area contributed by atoms with Crippen molar-refractivity contribution in [1.29, 1.82) is 0 Å². The van der Waals surface area contributed by atoms with Crippen LogP contribution in [0.3, 0.4) is 0 Å². The molecule has 0 spiro atoms. The third kappa shape index (κ3) is 12.9. The van der Waals surface area contributed by atoms with Gasteiger partial charge in [0.15, 0.2) is 37.7 Å². The third-order valence-corrected chi connectivity index (χ3v) is 14.7. The van der Waals surface area contributed by atoms with E-state index in [9.17, 15) is 123 Å². The Bertz CT molecular complexity index is 1830. The van der Waals surface area contributed by atoms with Crippen LogP contribution in [0.5, 0.6) is 0 Å². The summed E-state index contributed by atoms with van der Waals surface area (Å²) in [6, 6.07) is 0. The molecule has 0 aromatic rings. The summed E-state index contributed by atoms with van der Waals surface area (Å²) in [5.74, 6) is 0. The van der Waals surface area contributed by atoms with Crippen LogP contribution >= 0.6 is 0 Å². The van der Waals surface area contributed by atoms with E-state index in [4.69, 9.17) is 56.8 Å². The standard InChI is InChI=1S/C42H72O36/c43-1-7-13(47)19(53)29(63)38(69-7)75-33-26(60)23(57)27(61)34(32(33)66)76-40-31(65)22(56)18(52)12(74-40)5-67-37-28(62)21(55)17(51)11(73-37)6-68-41-35(24(58)15(49)9(3-45)71-41)78-42-36(25(59)16(50)10(4-46)72-42)77-39-30(64)20(54)14(48)8(2-44)70-39/h7-66H,1-6H2/t7-,8-,9-,10-,11-,12-,13-,14-,15-,16-,17-,18-,19+,20+,21+,22+,23+,24+,25+,26+,27-,28+,29+,30+,31+,32+,33+,34+,35+,36+,37+,38-,39-,40-,41+,42-/m1/s1. The van der Waals surface area contributed by atoms with E-state index in [0.717, 1.165) is 0 Å². The number of hydrogen-bond acceptors (Lipinski definition) is 36. The smallest absolute Gasteiger partial charge is 0.187 e. The summed E-state index contributed by atoms with van der Waals surface area (Å²) in [5.41, 5.74) is 0. The van der Waals surface area contributed by atoms with Gasteiger partial charge in [-0.2, -0.15) is 0 Å². The molecule has 7 aliphatic rings. The largest absolute Gasteiger partial charge is 0.394 e. The number of hydrogen-bond donors (Lipinski definition) is 24. The maximum Gasteiger partial charge on any atom is 0.187 e. The Kier molecular flexibility index (Phi) is 22.3. The lowest BCUT2D eigenvalue weighted by Crippen LogP contribution is -2.69. The summed E-state index contributed by atoms with van der Waals surface area (Å²) in [6.07, 6.45) is -72.3. The fourth-order valence-electron chi connectivity index (χ4n) is 9.87. The van der Waals surface area contributed by atoms with Gasteiger partial charge < -0.3 is 179 Å². The number of ether oxygens (including phenoxy) is 12. The lowest BCUT2D eigenvalue weighted by atomic mass is 9.84.